The number of benzene rings is 1. The molecule has 3 aromatic rings. The highest BCUT2D eigenvalue weighted by Crippen LogP contribution is 2.36. The van der Waals surface area contributed by atoms with Crippen LogP contribution in [-0.2, 0) is 6.18 Å². The molecule has 0 radical (unpaired) electrons. The van der Waals surface area contributed by atoms with Gasteiger partial charge in [0.05, 0.1) is 29.2 Å². The maximum absolute atomic E-state index is 13.2. The maximum Gasteiger partial charge on any atom is 0.418 e. The van der Waals surface area contributed by atoms with Crippen LogP contribution in [0.4, 0.5) is 30.6 Å². The summed E-state index contributed by atoms with van der Waals surface area (Å²) < 4.78 is 39.7. The highest BCUT2D eigenvalue weighted by molar-refractivity contribution is 5.67. The fraction of sp³-hybridized carbons (Fsp3) is 0.167. The van der Waals surface area contributed by atoms with Gasteiger partial charge in [0.2, 0.25) is 5.95 Å². The number of aromatic nitrogens is 3. The third-order valence-corrected chi connectivity index (χ3v) is 3.54. The Morgan fingerprint density at radius 3 is 2.44 bits per heavy atom. The number of halogens is 3. The third kappa shape index (κ3) is 4.70. The van der Waals surface area contributed by atoms with Crippen molar-refractivity contribution in [1.82, 2.24) is 15.0 Å². The van der Waals surface area contributed by atoms with Gasteiger partial charge in [-0.1, -0.05) is 18.2 Å². The van der Waals surface area contributed by atoms with E-state index in [-0.39, 0.29) is 30.6 Å². The number of pyridine rings is 1. The van der Waals surface area contributed by atoms with Crippen LogP contribution in [0.25, 0.3) is 11.4 Å². The maximum atomic E-state index is 13.2. The molecule has 0 bridgehead atoms. The highest BCUT2D eigenvalue weighted by Gasteiger charge is 2.33. The molecule has 0 saturated heterocycles. The molecule has 3 N–H and O–H groups in total. The molecule has 27 heavy (non-hydrogen) atoms. The fourth-order valence-electron chi connectivity index (χ4n) is 2.38. The highest BCUT2D eigenvalue weighted by atomic mass is 19.4. The summed E-state index contributed by atoms with van der Waals surface area (Å²) in [4.78, 5) is 12.7. The monoisotopic (exact) mass is 375 g/mol. The van der Waals surface area contributed by atoms with Crippen LogP contribution in [0.1, 0.15) is 5.56 Å². The minimum Gasteiger partial charge on any atom is -0.395 e. The van der Waals surface area contributed by atoms with Crippen molar-refractivity contribution in [3.8, 4) is 11.4 Å². The number of hydrogen-bond donors (Lipinski definition) is 3. The summed E-state index contributed by atoms with van der Waals surface area (Å²) in [6, 6.07) is 11.9. The van der Waals surface area contributed by atoms with E-state index >= 15 is 0 Å². The second kappa shape index (κ2) is 8.00. The van der Waals surface area contributed by atoms with Crippen LogP contribution in [0.15, 0.2) is 54.7 Å². The Hall–Kier alpha value is -3.20. The van der Waals surface area contributed by atoms with Gasteiger partial charge >= 0.3 is 6.18 Å². The predicted molar refractivity (Wildman–Crippen MR) is 95.6 cm³/mol. The molecule has 3 rings (SSSR count). The fourth-order valence-corrected chi connectivity index (χ4v) is 2.38. The topological polar surface area (TPSA) is 83.0 Å². The van der Waals surface area contributed by atoms with Crippen LogP contribution in [0.5, 0.6) is 0 Å². The second-order valence-corrected chi connectivity index (χ2v) is 5.50. The number of nitrogens with one attached hydrogen (secondary N) is 2. The zero-order valence-electron chi connectivity index (χ0n) is 14.0. The van der Waals surface area contributed by atoms with Crippen LogP contribution < -0.4 is 10.6 Å². The number of nitrogens with zero attached hydrogens (tertiary/aromatic N) is 3. The van der Waals surface area contributed by atoms with Gasteiger partial charge in [0, 0.05) is 18.8 Å². The van der Waals surface area contributed by atoms with E-state index in [2.05, 4.69) is 25.6 Å². The van der Waals surface area contributed by atoms with Crippen LogP contribution in [-0.4, -0.2) is 33.2 Å². The lowest BCUT2D eigenvalue weighted by molar-refractivity contribution is -0.136. The van der Waals surface area contributed by atoms with Gasteiger partial charge in [0.25, 0.3) is 0 Å². The number of aliphatic hydroxyl groups is 1. The molecule has 0 atom stereocenters. The van der Waals surface area contributed by atoms with E-state index in [1.807, 2.05) is 0 Å². The van der Waals surface area contributed by atoms with Crippen molar-refractivity contribution in [2.45, 2.75) is 6.18 Å². The van der Waals surface area contributed by atoms with E-state index in [4.69, 9.17) is 5.11 Å². The lowest BCUT2D eigenvalue weighted by atomic mass is 10.1. The third-order valence-electron chi connectivity index (χ3n) is 3.54. The van der Waals surface area contributed by atoms with Gasteiger partial charge in [-0.25, -0.2) is 4.98 Å². The summed E-state index contributed by atoms with van der Waals surface area (Å²) in [6.45, 7) is 0.0566. The van der Waals surface area contributed by atoms with Crippen LogP contribution >= 0.6 is 0 Å². The van der Waals surface area contributed by atoms with Crippen LogP contribution in [0.3, 0.4) is 0 Å². The molecule has 0 aliphatic carbocycles. The van der Waals surface area contributed by atoms with E-state index in [1.165, 1.54) is 24.3 Å². The molecule has 0 unspecified atom stereocenters. The van der Waals surface area contributed by atoms with Crippen molar-refractivity contribution in [1.29, 1.82) is 0 Å². The Kier molecular flexibility index (Phi) is 5.51. The van der Waals surface area contributed by atoms with Gasteiger partial charge in [-0.3, -0.25) is 4.98 Å². The van der Waals surface area contributed by atoms with E-state index in [0.717, 1.165) is 6.07 Å². The summed E-state index contributed by atoms with van der Waals surface area (Å²) in [5.41, 5.74) is 0.0498. The Morgan fingerprint density at radius 1 is 0.963 bits per heavy atom. The van der Waals surface area contributed by atoms with Gasteiger partial charge in [0.1, 0.15) is 5.82 Å². The number of rotatable bonds is 6. The van der Waals surface area contributed by atoms with Gasteiger partial charge in [-0.05, 0) is 24.3 Å². The summed E-state index contributed by atoms with van der Waals surface area (Å²) in [6.07, 6.45) is -2.91. The van der Waals surface area contributed by atoms with Crippen molar-refractivity contribution in [2.24, 2.45) is 0 Å². The Balaban J connectivity index is 2.00. The zero-order chi connectivity index (χ0) is 19.3. The van der Waals surface area contributed by atoms with E-state index in [1.54, 1.807) is 24.4 Å². The lowest BCUT2D eigenvalue weighted by Crippen LogP contribution is -2.12. The SMILES string of the molecule is OCCNc1nc(Nc2ccccc2C(F)(F)F)cc(-c2ccccn2)n1. The smallest absolute Gasteiger partial charge is 0.395 e. The first-order valence-corrected chi connectivity index (χ1v) is 8.06. The van der Waals surface area contributed by atoms with Crippen LogP contribution in [0.2, 0.25) is 0 Å². The van der Waals surface area contributed by atoms with Crippen LogP contribution in [0, 0.1) is 0 Å². The normalized spacial score (nSPS) is 11.3. The second-order valence-electron chi connectivity index (χ2n) is 5.50. The van der Waals surface area contributed by atoms with E-state index in [0.29, 0.717) is 11.4 Å². The van der Waals surface area contributed by atoms with Crippen molar-refractivity contribution in [3.63, 3.8) is 0 Å². The van der Waals surface area contributed by atoms with Gasteiger partial charge in [-0.15, -0.1) is 0 Å². The summed E-state index contributed by atoms with van der Waals surface area (Å²) in [5, 5.41) is 14.5. The molecular weight excluding hydrogens is 359 g/mol. The van der Waals surface area contributed by atoms with E-state index in [9.17, 15) is 13.2 Å². The Morgan fingerprint density at radius 2 is 1.74 bits per heavy atom. The zero-order valence-corrected chi connectivity index (χ0v) is 14.0. The molecule has 2 aromatic heterocycles. The minimum absolute atomic E-state index is 0.122. The van der Waals surface area contributed by atoms with Crippen molar-refractivity contribution >= 4 is 17.5 Å². The molecule has 0 amide bonds. The summed E-state index contributed by atoms with van der Waals surface area (Å²) in [5.74, 6) is 0.335. The first kappa shape index (κ1) is 18.6. The molecule has 6 nitrogen and oxygen atoms in total. The lowest BCUT2D eigenvalue weighted by Gasteiger charge is -2.15. The minimum atomic E-state index is -4.50. The average molecular weight is 375 g/mol. The molecule has 0 saturated carbocycles. The van der Waals surface area contributed by atoms with Gasteiger partial charge in [0.15, 0.2) is 0 Å². The number of anilines is 3. The molecule has 1 aromatic carbocycles. The first-order valence-electron chi connectivity index (χ1n) is 8.06. The van der Waals surface area contributed by atoms with Crippen molar-refractivity contribution < 1.29 is 18.3 Å². The predicted octanol–water partition coefficient (Wildman–Crippen LogP) is 3.71. The molecule has 0 fully saturated rings. The number of hydrogen-bond acceptors (Lipinski definition) is 6. The van der Waals surface area contributed by atoms with Gasteiger partial charge < -0.3 is 15.7 Å². The largest absolute Gasteiger partial charge is 0.418 e. The van der Waals surface area contributed by atoms with Crippen molar-refractivity contribution in [2.75, 3.05) is 23.8 Å². The summed E-state index contributed by atoms with van der Waals surface area (Å²) in [7, 11) is 0. The molecule has 2 heterocycles. The number of aliphatic hydroxyl groups excluding tert-OH is 1. The Labute approximate surface area is 153 Å². The molecule has 0 spiro atoms. The molecular formula is C18H16F3N5O. The molecule has 9 heteroatoms. The standard InChI is InChI=1S/C18H16F3N5O/c19-18(20,21)12-5-1-2-6-13(12)24-16-11-15(14-7-3-4-8-22-14)25-17(26-16)23-9-10-27/h1-8,11,27H,9-10H2,(H2,23,24,25,26). The summed E-state index contributed by atoms with van der Waals surface area (Å²) >= 11 is 0. The first-order chi connectivity index (χ1) is 13.0. The number of alkyl halides is 3. The average Bonchev–Trinajstić information content (AvgIpc) is 2.66. The number of para-hydroxylation sites is 1. The van der Waals surface area contributed by atoms with E-state index < -0.39 is 11.7 Å². The quantitative estimate of drug-likeness (QED) is 0.609. The molecule has 0 aliphatic heterocycles. The molecule has 140 valence electrons. The van der Waals surface area contributed by atoms with Crippen molar-refractivity contribution in [3.05, 3.63) is 60.3 Å². The van der Waals surface area contributed by atoms with Gasteiger partial charge in [-0.2, -0.15) is 18.2 Å². The Bertz CT molecular complexity index is 903. The molecule has 0 aliphatic rings.